The predicted molar refractivity (Wildman–Crippen MR) is 84.0 cm³/mol. The monoisotopic (exact) mass is 336 g/mol. The van der Waals surface area contributed by atoms with Crippen molar-refractivity contribution in [2.45, 2.75) is 20.4 Å². The van der Waals surface area contributed by atoms with E-state index in [0.29, 0.717) is 11.8 Å². The molecular formula is C17H18F2N2O3. The topological polar surface area (TPSA) is 60.5 Å². The average Bonchev–Trinajstić information content (AvgIpc) is 2.54. The van der Waals surface area contributed by atoms with E-state index in [1.54, 1.807) is 13.3 Å². The lowest BCUT2D eigenvalue weighted by Gasteiger charge is -2.13. The molecule has 0 saturated heterocycles. The molecule has 1 heterocycles. The number of aromatic nitrogens is 1. The van der Waals surface area contributed by atoms with Crippen LogP contribution in [0.1, 0.15) is 16.8 Å². The van der Waals surface area contributed by atoms with Crippen LogP contribution in [-0.2, 0) is 11.3 Å². The van der Waals surface area contributed by atoms with Crippen molar-refractivity contribution in [1.82, 2.24) is 10.3 Å². The number of aryl methyl sites for hydroxylation is 1. The Labute approximate surface area is 138 Å². The Balaban J connectivity index is 1.92. The number of carbonyl (C=O) groups is 1. The molecule has 0 aliphatic heterocycles. The first-order valence-corrected chi connectivity index (χ1v) is 7.26. The third-order valence-electron chi connectivity index (χ3n) is 3.46. The second kappa shape index (κ2) is 7.72. The smallest absolute Gasteiger partial charge is 0.258 e. The summed E-state index contributed by atoms with van der Waals surface area (Å²) in [6.45, 7) is 3.54. The van der Waals surface area contributed by atoms with Crippen LogP contribution < -0.4 is 14.8 Å². The van der Waals surface area contributed by atoms with Gasteiger partial charge in [0.2, 0.25) is 0 Å². The predicted octanol–water partition coefficient (Wildman–Crippen LogP) is 2.68. The maximum absolute atomic E-state index is 13.4. The molecule has 5 nitrogen and oxygen atoms in total. The molecule has 1 amide bonds. The van der Waals surface area contributed by atoms with E-state index >= 15 is 0 Å². The Morgan fingerprint density at radius 3 is 2.71 bits per heavy atom. The minimum absolute atomic E-state index is 0.183. The van der Waals surface area contributed by atoms with Crippen molar-refractivity contribution in [3.8, 4) is 11.5 Å². The summed E-state index contributed by atoms with van der Waals surface area (Å²) in [5.74, 6) is -1.47. The normalized spacial score (nSPS) is 10.4. The second-order valence-corrected chi connectivity index (χ2v) is 5.19. The molecule has 0 spiro atoms. The maximum Gasteiger partial charge on any atom is 0.258 e. The van der Waals surface area contributed by atoms with Gasteiger partial charge >= 0.3 is 0 Å². The van der Waals surface area contributed by atoms with Crippen molar-refractivity contribution >= 4 is 5.91 Å². The summed E-state index contributed by atoms with van der Waals surface area (Å²) in [7, 11) is 1.57. The number of methoxy groups -OCH3 is 1. The first-order chi connectivity index (χ1) is 11.4. The standard InChI is InChI=1S/C17H18F2N2O3/c1-10-7-20-14(11(2)17(10)23-3)8-21-16(22)9-24-15-5-4-12(18)6-13(15)19/h4-7H,8-9H2,1-3H3,(H,21,22). The molecule has 1 aromatic heterocycles. The molecule has 0 atom stereocenters. The fourth-order valence-corrected chi connectivity index (χ4v) is 2.22. The third-order valence-corrected chi connectivity index (χ3v) is 3.46. The lowest BCUT2D eigenvalue weighted by Crippen LogP contribution is -2.29. The molecule has 0 unspecified atom stereocenters. The zero-order chi connectivity index (χ0) is 17.7. The highest BCUT2D eigenvalue weighted by Gasteiger charge is 2.12. The highest BCUT2D eigenvalue weighted by molar-refractivity contribution is 5.77. The number of rotatable bonds is 6. The van der Waals surface area contributed by atoms with Crippen molar-refractivity contribution in [3.63, 3.8) is 0 Å². The lowest BCUT2D eigenvalue weighted by atomic mass is 10.1. The number of nitrogens with one attached hydrogen (secondary N) is 1. The number of benzene rings is 1. The minimum Gasteiger partial charge on any atom is -0.496 e. The lowest BCUT2D eigenvalue weighted by molar-refractivity contribution is -0.123. The van der Waals surface area contributed by atoms with Crippen LogP contribution >= 0.6 is 0 Å². The van der Waals surface area contributed by atoms with Crippen molar-refractivity contribution in [2.75, 3.05) is 13.7 Å². The summed E-state index contributed by atoms with van der Waals surface area (Å²) in [6, 6.07) is 2.88. The molecule has 0 aliphatic rings. The Hall–Kier alpha value is -2.70. The van der Waals surface area contributed by atoms with Crippen LogP contribution in [0.5, 0.6) is 11.5 Å². The van der Waals surface area contributed by atoms with E-state index in [0.717, 1.165) is 29.0 Å². The fraction of sp³-hybridized carbons (Fsp3) is 0.294. The molecule has 24 heavy (non-hydrogen) atoms. The van der Waals surface area contributed by atoms with Crippen molar-refractivity contribution in [1.29, 1.82) is 0 Å². The zero-order valence-electron chi connectivity index (χ0n) is 13.7. The Morgan fingerprint density at radius 2 is 2.04 bits per heavy atom. The van der Waals surface area contributed by atoms with Crippen LogP contribution in [-0.4, -0.2) is 24.6 Å². The van der Waals surface area contributed by atoms with Gasteiger partial charge in [0.05, 0.1) is 19.3 Å². The van der Waals surface area contributed by atoms with Crippen LogP contribution in [0.25, 0.3) is 0 Å². The molecular weight excluding hydrogens is 318 g/mol. The van der Waals surface area contributed by atoms with Gasteiger partial charge in [0, 0.05) is 23.4 Å². The molecule has 2 rings (SSSR count). The Morgan fingerprint density at radius 1 is 1.29 bits per heavy atom. The van der Waals surface area contributed by atoms with Gasteiger partial charge in [-0.2, -0.15) is 0 Å². The van der Waals surface area contributed by atoms with Gasteiger partial charge in [-0.25, -0.2) is 8.78 Å². The molecule has 1 aromatic carbocycles. The summed E-state index contributed by atoms with van der Waals surface area (Å²) < 4.78 is 36.5. The molecule has 0 aliphatic carbocycles. The average molecular weight is 336 g/mol. The molecule has 0 bridgehead atoms. The van der Waals surface area contributed by atoms with Crippen LogP contribution in [0.2, 0.25) is 0 Å². The number of ether oxygens (including phenoxy) is 2. The van der Waals surface area contributed by atoms with Gasteiger partial charge in [0.25, 0.3) is 5.91 Å². The van der Waals surface area contributed by atoms with Gasteiger partial charge < -0.3 is 14.8 Å². The van der Waals surface area contributed by atoms with Gasteiger partial charge in [0.1, 0.15) is 11.6 Å². The molecule has 128 valence electrons. The summed E-state index contributed by atoms with van der Waals surface area (Å²) in [4.78, 5) is 16.1. The van der Waals surface area contributed by atoms with E-state index in [-0.39, 0.29) is 18.9 Å². The molecule has 2 aromatic rings. The summed E-state index contributed by atoms with van der Waals surface area (Å²) in [6.07, 6.45) is 1.66. The zero-order valence-corrected chi connectivity index (χ0v) is 13.7. The van der Waals surface area contributed by atoms with Crippen molar-refractivity contribution < 1.29 is 23.0 Å². The van der Waals surface area contributed by atoms with Crippen molar-refractivity contribution in [3.05, 3.63) is 52.9 Å². The third kappa shape index (κ3) is 4.18. The Kier molecular flexibility index (Phi) is 5.68. The quantitative estimate of drug-likeness (QED) is 0.881. The highest BCUT2D eigenvalue weighted by Crippen LogP contribution is 2.23. The van der Waals surface area contributed by atoms with E-state index in [9.17, 15) is 13.6 Å². The van der Waals surface area contributed by atoms with Crippen LogP contribution in [0, 0.1) is 25.5 Å². The number of pyridine rings is 1. The van der Waals surface area contributed by atoms with E-state index in [4.69, 9.17) is 9.47 Å². The number of amides is 1. The van der Waals surface area contributed by atoms with Crippen LogP contribution in [0.4, 0.5) is 8.78 Å². The largest absolute Gasteiger partial charge is 0.496 e. The van der Waals surface area contributed by atoms with Gasteiger partial charge in [-0.1, -0.05) is 0 Å². The first kappa shape index (κ1) is 17.7. The van der Waals surface area contributed by atoms with Gasteiger partial charge in [-0.15, -0.1) is 0 Å². The molecule has 0 radical (unpaired) electrons. The van der Waals surface area contributed by atoms with Gasteiger partial charge in [-0.3, -0.25) is 9.78 Å². The van der Waals surface area contributed by atoms with E-state index in [2.05, 4.69) is 10.3 Å². The van der Waals surface area contributed by atoms with Crippen LogP contribution in [0.15, 0.2) is 24.4 Å². The van der Waals surface area contributed by atoms with Crippen LogP contribution in [0.3, 0.4) is 0 Å². The van der Waals surface area contributed by atoms with E-state index in [1.165, 1.54) is 0 Å². The van der Waals surface area contributed by atoms with Gasteiger partial charge in [0.15, 0.2) is 18.2 Å². The van der Waals surface area contributed by atoms with Crippen molar-refractivity contribution in [2.24, 2.45) is 0 Å². The molecule has 0 fully saturated rings. The molecule has 7 heteroatoms. The summed E-state index contributed by atoms with van der Waals surface area (Å²) in [5, 5.41) is 2.63. The highest BCUT2D eigenvalue weighted by atomic mass is 19.1. The summed E-state index contributed by atoms with van der Waals surface area (Å²) >= 11 is 0. The molecule has 0 saturated carbocycles. The van der Waals surface area contributed by atoms with E-state index < -0.39 is 17.5 Å². The number of nitrogens with zero attached hydrogens (tertiary/aromatic N) is 1. The fourth-order valence-electron chi connectivity index (χ4n) is 2.22. The summed E-state index contributed by atoms with van der Waals surface area (Å²) in [5.41, 5.74) is 2.40. The molecule has 1 N–H and O–H groups in total. The van der Waals surface area contributed by atoms with Gasteiger partial charge in [-0.05, 0) is 26.0 Å². The number of hydrogen-bond acceptors (Lipinski definition) is 4. The minimum atomic E-state index is -0.858. The van der Waals surface area contributed by atoms with E-state index in [1.807, 2.05) is 13.8 Å². The second-order valence-electron chi connectivity index (χ2n) is 5.19. The SMILES string of the molecule is COc1c(C)cnc(CNC(=O)COc2ccc(F)cc2F)c1C. The number of carbonyl (C=O) groups excluding carboxylic acids is 1. The first-order valence-electron chi connectivity index (χ1n) is 7.26. The Bertz CT molecular complexity index is 751. The number of hydrogen-bond donors (Lipinski definition) is 1. The maximum atomic E-state index is 13.4. The number of halogens is 2.